The summed E-state index contributed by atoms with van der Waals surface area (Å²) in [5.74, 6) is 2.46. The quantitative estimate of drug-likeness (QED) is 0.751. The van der Waals surface area contributed by atoms with Crippen molar-refractivity contribution in [3.05, 3.63) is 17.7 Å². The largest absolute Gasteiger partial charge is 0.508 e. The molecule has 0 bridgehead atoms. The summed E-state index contributed by atoms with van der Waals surface area (Å²) in [7, 11) is 0. The fourth-order valence-electron chi connectivity index (χ4n) is 5.13. The second kappa shape index (κ2) is 3.02. The molecule has 2 aliphatic carbocycles. The molecule has 3 nitrogen and oxygen atoms in total. The number of hydrogen-bond acceptors (Lipinski definition) is 3. The minimum Gasteiger partial charge on any atom is -0.508 e. The van der Waals surface area contributed by atoms with Crippen LogP contribution in [0.3, 0.4) is 0 Å². The van der Waals surface area contributed by atoms with E-state index in [1.807, 2.05) is 0 Å². The van der Waals surface area contributed by atoms with Gasteiger partial charge in [-0.15, -0.1) is 0 Å². The second-order valence-electron chi connectivity index (χ2n) is 7.26. The van der Waals surface area contributed by atoms with E-state index in [1.165, 1.54) is 12.5 Å². The van der Waals surface area contributed by atoms with Gasteiger partial charge in [0.1, 0.15) is 22.8 Å². The highest BCUT2D eigenvalue weighted by atomic mass is 16.5. The molecular weight excluding hydrogens is 240 g/mol. The molecule has 0 unspecified atom stereocenters. The Bertz CT molecular complexity index is 578. The van der Waals surface area contributed by atoms with Crippen molar-refractivity contribution in [2.24, 2.45) is 17.3 Å². The van der Waals surface area contributed by atoms with Crippen molar-refractivity contribution in [1.82, 2.24) is 0 Å². The van der Waals surface area contributed by atoms with Gasteiger partial charge in [0.25, 0.3) is 0 Å². The predicted molar refractivity (Wildman–Crippen MR) is 71.5 cm³/mol. The number of aromatic hydroxyl groups is 2. The monoisotopic (exact) mass is 260 g/mol. The van der Waals surface area contributed by atoms with Gasteiger partial charge in [0.2, 0.25) is 0 Å². The summed E-state index contributed by atoms with van der Waals surface area (Å²) < 4.78 is 6.18. The number of rotatable bonds is 0. The van der Waals surface area contributed by atoms with Crippen LogP contribution in [-0.2, 0) is 0 Å². The Kier molecular flexibility index (Phi) is 1.82. The lowest BCUT2D eigenvalue weighted by Gasteiger charge is -2.62. The fourth-order valence-corrected chi connectivity index (χ4v) is 5.13. The third kappa shape index (κ3) is 1.15. The fraction of sp³-hybridized carbons (Fsp3) is 0.625. The summed E-state index contributed by atoms with van der Waals surface area (Å²) in [6.07, 6.45) is 2.27. The van der Waals surface area contributed by atoms with E-state index in [-0.39, 0.29) is 22.5 Å². The van der Waals surface area contributed by atoms with Crippen LogP contribution in [0.2, 0.25) is 0 Å². The number of ether oxygens (including phenoxy) is 1. The van der Waals surface area contributed by atoms with Crippen LogP contribution in [0.5, 0.6) is 17.2 Å². The SMILES string of the molecule is CC1(C)[C@H]2CC[C@@]3(C)Oc4cc(O)cc(O)c4[C@H]1[C@@H]23. The number of fused-ring (bicyclic) bond motifs is 2. The normalized spacial score (nSPS) is 40.9. The van der Waals surface area contributed by atoms with Crippen LogP contribution in [0.4, 0.5) is 0 Å². The molecule has 2 fully saturated rings. The Morgan fingerprint density at radius 1 is 1.21 bits per heavy atom. The minimum atomic E-state index is -0.127. The molecule has 1 aromatic carbocycles. The lowest BCUT2D eigenvalue weighted by molar-refractivity contribution is -0.121. The molecule has 1 heterocycles. The molecule has 4 atom stereocenters. The maximum absolute atomic E-state index is 10.2. The molecule has 2 saturated carbocycles. The maximum atomic E-state index is 10.2. The van der Waals surface area contributed by atoms with Crippen LogP contribution in [0.15, 0.2) is 12.1 Å². The Morgan fingerprint density at radius 2 is 1.95 bits per heavy atom. The first kappa shape index (κ1) is 11.4. The standard InChI is InChI=1S/C16H20O3/c1-15(2)9-4-5-16(3)13(9)14(15)12-10(18)6-8(17)7-11(12)19-16/h6-7,9,13-14,17-18H,4-5H2,1-3H3/t9-,13+,14-,16+/m0/s1. The molecule has 2 N–H and O–H groups in total. The van der Waals surface area contributed by atoms with Gasteiger partial charge in [0.05, 0.1) is 0 Å². The van der Waals surface area contributed by atoms with Gasteiger partial charge >= 0.3 is 0 Å². The van der Waals surface area contributed by atoms with Gasteiger partial charge in [-0.05, 0) is 31.1 Å². The molecule has 0 amide bonds. The number of hydrogen-bond donors (Lipinski definition) is 2. The van der Waals surface area contributed by atoms with Crippen molar-refractivity contribution in [2.45, 2.75) is 45.1 Å². The van der Waals surface area contributed by atoms with Crippen LogP contribution in [-0.4, -0.2) is 15.8 Å². The van der Waals surface area contributed by atoms with E-state index in [1.54, 1.807) is 6.07 Å². The first-order valence-electron chi connectivity index (χ1n) is 7.09. The summed E-state index contributed by atoms with van der Waals surface area (Å²) in [5.41, 5.74) is 0.983. The minimum absolute atomic E-state index is 0.0741. The molecule has 19 heavy (non-hydrogen) atoms. The van der Waals surface area contributed by atoms with Crippen molar-refractivity contribution in [3.8, 4) is 17.2 Å². The molecule has 1 aromatic rings. The van der Waals surface area contributed by atoms with Crippen molar-refractivity contribution in [2.75, 3.05) is 0 Å². The summed E-state index contributed by atoms with van der Waals surface area (Å²) in [6, 6.07) is 3.08. The molecule has 3 heteroatoms. The van der Waals surface area contributed by atoms with Crippen molar-refractivity contribution < 1.29 is 14.9 Å². The zero-order valence-corrected chi connectivity index (χ0v) is 11.6. The topological polar surface area (TPSA) is 49.7 Å². The highest BCUT2D eigenvalue weighted by Gasteiger charge is 2.69. The average molecular weight is 260 g/mol. The van der Waals surface area contributed by atoms with Gasteiger partial charge in [0, 0.05) is 29.5 Å². The first-order chi connectivity index (χ1) is 8.84. The molecule has 4 rings (SSSR count). The van der Waals surface area contributed by atoms with Gasteiger partial charge in [-0.3, -0.25) is 0 Å². The summed E-state index contributed by atoms with van der Waals surface area (Å²) in [6.45, 7) is 6.78. The zero-order valence-electron chi connectivity index (χ0n) is 11.6. The van der Waals surface area contributed by atoms with Gasteiger partial charge in [-0.2, -0.15) is 0 Å². The predicted octanol–water partition coefficient (Wildman–Crippen LogP) is 3.40. The van der Waals surface area contributed by atoms with Crippen LogP contribution in [0, 0.1) is 17.3 Å². The van der Waals surface area contributed by atoms with Crippen LogP contribution >= 0.6 is 0 Å². The number of benzene rings is 1. The van der Waals surface area contributed by atoms with Gasteiger partial charge in [0.15, 0.2) is 0 Å². The number of phenolic OH excluding ortho intramolecular Hbond substituents is 2. The van der Waals surface area contributed by atoms with E-state index in [0.29, 0.717) is 23.5 Å². The Hall–Kier alpha value is -1.38. The maximum Gasteiger partial charge on any atom is 0.131 e. The summed E-state index contributed by atoms with van der Waals surface area (Å²) in [4.78, 5) is 0. The van der Waals surface area contributed by atoms with Crippen LogP contribution < -0.4 is 4.74 Å². The van der Waals surface area contributed by atoms with Crippen molar-refractivity contribution in [1.29, 1.82) is 0 Å². The van der Waals surface area contributed by atoms with Crippen molar-refractivity contribution >= 4 is 0 Å². The van der Waals surface area contributed by atoms with E-state index >= 15 is 0 Å². The molecule has 0 aromatic heterocycles. The van der Waals surface area contributed by atoms with Crippen molar-refractivity contribution in [3.63, 3.8) is 0 Å². The zero-order chi connectivity index (χ0) is 13.6. The Morgan fingerprint density at radius 3 is 2.68 bits per heavy atom. The summed E-state index contributed by atoms with van der Waals surface area (Å²) >= 11 is 0. The van der Waals surface area contributed by atoms with Gasteiger partial charge < -0.3 is 14.9 Å². The third-order valence-corrected chi connectivity index (χ3v) is 5.97. The molecule has 102 valence electrons. The summed E-state index contributed by atoms with van der Waals surface area (Å²) in [5, 5.41) is 19.9. The van der Waals surface area contributed by atoms with E-state index in [9.17, 15) is 10.2 Å². The van der Waals surface area contributed by atoms with Crippen LogP contribution in [0.25, 0.3) is 0 Å². The third-order valence-electron chi connectivity index (χ3n) is 5.97. The number of phenols is 2. The molecule has 3 aliphatic rings. The highest BCUT2D eigenvalue weighted by molar-refractivity contribution is 5.56. The van der Waals surface area contributed by atoms with E-state index < -0.39 is 0 Å². The van der Waals surface area contributed by atoms with Gasteiger partial charge in [-0.1, -0.05) is 13.8 Å². The Labute approximate surface area is 113 Å². The molecular formula is C16H20O3. The van der Waals surface area contributed by atoms with Gasteiger partial charge in [-0.25, -0.2) is 0 Å². The molecule has 0 spiro atoms. The smallest absolute Gasteiger partial charge is 0.131 e. The van der Waals surface area contributed by atoms with Crippen LogP contribution in [0.1, 0.15) is 45.1 Å². The highest BCUT2D eigenvalue weighted by Crippen LogP contribution is 2.74. The Balaban J connectivity index is 1.95. The average Bonchev–Trinajstić information content (AvgIpc) is 2.61. The first-order valence-corrected chi connectivity index (χ1v) is 7.09. The van der Waals surface area contributed by atoms with E-state index in [0.717, 1.165) is 12.0 Å². The van der Waals surface area contributed by atoms with E-state index in [4.69, 9.17) is 4.74 Å². The lowest BCUT2D eigenvalue weighted by Crippen LogP contribution is -2.59. The molecule has 1 aliphatic heterocycles. The van der Waals surface area contributed by atoms with E-state index in [2.05, 4.69) is 20.8 Å². The second-order valence-corrected chi connectivity index (χ2v) is 7.26. The molecule has 0 radical (unpaired) electrons. The molecule has 0 saturated heterocycles. The lowest BCUT2D eigenvalue weighted by atomic mass is 9.45.